The lowest BCUT2D eigenvalue weighted by atomic mass is 9.67. The molecule has 1 aliphatic rings. The van der Waals surface area contributed by atoms with Crippen molar-refractivity contribution < 1.29 is 0 Å². The van der Waals surface area contributed by atoms with E-state index in [9.17, 15) is 0 Å². The first kappa shape index (κ1) is 13.2. The van der Waals surface area contributed by atoms with Gasteiger partial charge in [-0.05, 0) is 18.8 Å². The Morgan fingerprint density at radius 1 is 1.53 bits per heavy atom. The normalized spacial score (nSPS) is 26.9. The molecule has 1 aliphatic carbocycles. The van der Waals surface area contributed by atoms with E-state index >= 15 is 0 Å². The summed E-state index contributed by atoms with van der Waals surface area (Å²) < 4.78 is 1.84. The summed E-state index contributed by atoms with van der Waals surface area (Å²) in [6, 6.07) is 0.455. The molecule has 0 aliphatic heterocycles. The highest BCUT2D eigenvalue weighted by Gasteiger charge is 2.46. The van der Waals surface area contributed by atoms with Gasteiger partial charge >= 0.3 is 0 Å². The van der Waals surface area contributed by atoms with Gasteiger partial charge in [-0.25, -0.2) is 0 Å². The molecule has 1 aromatic heterocycles. The van der Waals surface area contributed by atoms with Gasteiger partial charge in [-0.2, -0.15) is 5.10 Å². The number of aryl methyl sites for hydroxylation is 2. The summed E-state index contributed by atoms with van der Waals surface area (Å²) in [6.07, 6.45) is 1.02. The molecule has 1 aromatic rings. The molecule has 0 aromatic carbocycles. The van der Waals surface area contributed by atoms with Crippen LogP contribution in [0.15, 0.2) is 0 Å². The van der Waals surface area contributed by atoms with E-state index in [4.69, 9.17) is 23.2 Å². The third-order valence-corrected chi connectivity index (χ3v) is 5.16. The monoisotopic (exact) mass is 275 g/mol. The van der Waals surface area contributed by atoms with E-state index in [1.165, 1.54) is 0 Å². The maximum Gasteiger partial charge on any atom is 0.0860 e. The Bertz CT molecular complexity index is 426. The molecule has 5 heteroatoms. The predicted molar refractivity (Wildman–Crippen MR) is 71.6 cm³/mol. The molecule has 2 unspecified atom stereocenters. The highest BCUT2D eigenvalue weighted by atomic mass is 35.5. The molecule has 1 saturated carbocycles. The van der Waals surface area contributed by atoms with Crippen molar-refractivity contribution in [3.05, 3.63) is 16.4 Å². The summed E-state index contributed by atoms with van der Waals surface area (Å²) in [5.41, 5.74) is 2.08. The smallest absolute Gasteiger partial charge is 0.0860 e. The summed E-state index contributed by atoms with van der Waals surface area (Å²) in [6.45, 7) is 7.06. The first-order valence-electron chi connectivity index (χ1n) is 5.89. The van der Waals surface area contributed by atoms with Crippen molar-refractivity contribution in [3.63, 3.8) is 0 Å². The largest absolute Gasteiger partial charge is 0.308 e. The van der Waals surface area contributed by atoms with Gasteiger partial charge in [-0.3, -0.25) is 4.68 Å². The highest BCUT2D eigenvalue weighted by molar-refractivity contribution is 6.31. The average molecular weight is 276 g/mol. The molecule has 0 amide bonds. The van der Waals surface area contributed by atoms with Gasteiger partial charge in [0.25, 0.3) is 0 Å². The number of hydrogen-bond acceptors (Lipinski definition) is 2. The maximum atomic E-state index is 6.21. The molecule has 0 bridgehead atoms. The minimum atomic E-state index is 0.154. The fourth-order valence-corrected chi connectivity index (χ4v) is 2.87. The summed E-state index contributed by atoms with van der Waals surface area (Å²) in [5, 5.41) is 8.85. The molecule has 0 saturated heterocycles. The van der Waals surface area contributed by atoms with Crippen molar-refractivity contribution in [3.8, 4) is 0 Å². The topological polar surface area (TPSA) is 29.9 Å². The quantitative estimate of drug-likeness (QED) is 0.860. The molecule has 1 fully saturated rings. The number of hydrogen-bond donors (Lipinski definition) is 1. The van der Waals surface area contributed by atoms with E-state index in [2.05, 4.69) is 24.3 Å². The highest BCUT2D eigenvalue weighted by Crippen LogP contribution is 2.44. The Kier molecular flexibility index (Phi) is 3.45. The van der Waals surface area contributed by atoms with Gasteiger partial charge in [0.2, 0.25) is 0 Å². The van der Waals surface area contributed by atoms with Gasteiger partial charge < -0.3 is 5.32 Å². The standard InChI is InChI=1S/C12H19Cl2N3/c1-7-11(14)8(17(4)16-7)6-15-10-5-9(13)12(10,2)3/h9-10,15H,5-6H2,1-4H3. The molecule has 0 radical (unpaired) electrons. The van der Waals surface area contributed by atoms with E-state index < -0.39 is 0 Å². The lowest BCUT2D eigenvalue weighted by Gasteiger charge is -2.49. The zero-order chi connectivity index (χ0) is 12.8. The van der Waals surface area contributed by atoms with Crippen LogP contribution in [0.4, 0.5) is 0 Å². The van der Waals surface area contributed by atoms with Crippen LogP contribution in [0, 0.1) is 12.3 Å². The summed E-state index contributed by atoms with van der Waals surface area (Å²) >= 11 is 12.4. The van der Waals surface area contributed by atoms with Crippen LogP contribution in [0.2, 0.25) is 5.02 Å². The van der Waals surface area contributed by atoms with Gasteiger partial charge in [0, 0.05) is 25.0 Å². The molecule has 1 heterocycles. The lowest BCUT2D eigenvalue weighted by molar-refractivity contribution is 0.115. The average Bonchev–Trinajstić information content (AvgIpc) is 2.49. The van der Waals surface area contributed by atoms with Crippen LogP contribution in [0.1, 0.15) is 31.7 Å². The second kappa shape index (κ2) is 4.45. The van der Waals surface area contributed by atoms with Crippen LogP contribution in [-0.4, -0.2) is 21.2 Å². The number of halogens is 2. The zero-order valence-corrected chi connectivity index (χ0v) is 12.2. The summed E-state index contributed by atoms with van der Waals surface area (Å²) in [4.78, 5) is 0. The second-order valence-corrected chi connectivity index (χ2v) is 6.33. The molecular formula is C12H19Cl2N3. The van der Waals surface area contributed by atoms with Crippen LogP contribution < -0.4 is 5.32 Å². The number of nitrogens with one attached hydrogen (secondary N) is 1. The second-order valence-electron chi connectivity index (χ2n) is 5.43. The molecule has 17 heavy (non-hydrogen) atoms. The van der Waals surface area contributed by atoms with E-state index in [-0.39, 0.29) is 10.8 Å². The predicted octanol–water partition coefficient (Wildman–Crippen LogP) is 2.88. The third-order valence-electron chi connectivity index (χ3n) is 3.93. The lowest BCUT2D eigenvalue weighted by Crippen LogP contribution is -2.57. The Hall–Kier alpha value is -0.250. The minimum absolute atomic E-state index is 0.154. The van der Waals surface area contributed by atoms with Crippen LogP contribution in [-0.2, 0) is 13.6 Å². The zero-order valence-electron chi connectivity index (χ0n) is 10.7. The molecular weight excluding hydrogens is 257 g/mol. The van der Waals surface area contributed by atoms with Gasteiger partial charge in [0.15, 0.2) is 0 Å². The van der Waals surface area contributed by atoms with Gasteiger partial charge in [-0.1, -0.05) is 25.4 Å². The van der Waals surface area contributed by atoms with Crippen molar-refractivity contribution in [2.75, 3.05) is 0 Å². The van der Waals surface area contributed by atoms with Crippen molar-refractivity contribution >= 4 is 23.2 Å². The van der Waals surface area contributed by atoms with Gasteiger partial charge in [0.1, 0.15) is 0 Å². The Morgan fingerprint density at radius 3 is 2.59 bits per heavy atom. The van der Waals surface area contributed by atoms with E-state index in [1.807, 2.05) is 18.7 Å². The summed E-state index contributed by atoms with van der Waals surface area (Å²) in [7, 11) is 1.92. The molecule has 1 N–H and O–H groups in total. The summed E-state index contributed by atoms with van der Waals surface area (Å²) in [5.74, 6) is 0. The SMILES string of the molecule is Cc1nn(C)c(CNC2CC(Cl)C2(C)C)c1Cl. The van der Waals surface area contributed by atoms with Crippen molar-refractivity contribution in [2.24, 2.45) is 12.5 Å². The first-order chi connectivity index (χ1) is 7.84. The van der Waals surface area contributed by atoms with E-state index in [1.54, 1.807) is 0 Å². The molecule has 2 rings (SSSR count). The van der Waals surface area contributed by atoms with E-state index in [0.29, 0.717) is 6.04 Å². The number of nitrogens with zero attached hydrogens (tertiary/aromatic N) is 2. The Morgan fingerprint density at radius 2 is 2.18 bits per heavy atom. The number of aromatic nitrogens is 2. The number of alkyl halides is 1. The fraction of sp³-hybridized carbons (Fsp3) is 0.750. The molecule has 2 atom stereocenters. The molecule has 96 valence electrons. The van der Waals surface area contributed by atoms with Gasteiger partial charge in [0.05, 0.1) is 16.4 Å². The minimum Gasteiger partial charge on any atom is -0.308 e. The van der Waals surface area contributed by atoms with Crippen molar-refractivity contribution in [1.82, 2.24) is 15.1 Å². The Labute approximate surface area is 112 Å². The Balaban J connectivity index is 2.00. The van der Waals surface area contributed by atoms with Crippen molar-refractivity contribution in [1.29, 1.82) is 0 Å². The fourth-order valence-electron chi connectivity index (χ4n) is 2.31. The van der Waals surface area contributed by atoms with Crippen LogP contribution >= 0.6 is 23.2 Å². The van der Waals surface area contributed by atoms with Crippen LogP contribution in [0.5, 0.6) is 0 Å². The molecule has 0 spiro atoms. The van der Waals surface area contributed by atoms with Crippen molar-refractivity contribution in [2.45, 2.75) is 45.2 Å². The van der Waals surface area contributed by atoms with Crippen LogP contribution in [0.3, 0.4) is 0 Å². The maximum absolute atomic E-state index is 6.21. The number of rotatable bonds is 3. The molecule has 3 nitrogen and oxygen atoms in total. The third kappa shape index (κ3) is 2.20. The first-order valence-corrected chi connectivity index (χ1v) is 6.71. The van der Waals surface area contributed by atoms with E-state index in [0.717, 1.165) is 29.4 Å². The van der Waals surface area contributed by atoms with Gasteiger partial charge in [-0.15, -0.1) is 11.6 Å². The van der Waals surface area contributed by atoms with Crippen LogP contribution in [0.25, 0.3) is 0 Å².